The van der Waals surface area contributed by atoms with E-state index in [1.165, 1.54) is 0 Å². The lowest BCUT2D eigenvalue weighted by molar-refractivity contribution is -0.140. The van der Waals surface area contributed by atoms with Crippen molar-refractivity contribution in [3.05, 3.63) is 78.5 Å². The average Bonchev–Trinajstić information content (AvgIpc) is 2.78. The van der Waals surface area contributed by atoms with Gasteiger partial charge in [0.05, 0.1) is 6.61 Å². The number of benzene rings is 2. The van der Waals surface area contributed by atoms with E-state index >= 15 is 0 Å². The predicted molar refractivity (Wildman–Crippen MR) is 115 cm³/mol. The van der Waals surface area contributed by atoms with Gasteiger partial charge in [0.1, 0.15) is 5.82 Å². The number of aliphatic carboxylic acids is 1. The van der Waals surface area contributed by atoms with Crippen molar-refractivity contribution in [2.45, 2.75) is 6.04 Å². The molecule has 0 aliphatic rings. The Morgan fingerprint density at radius 3 is 2.13 bits per heavy atom. The number of nitrogens with zero attached hydrogens (tertiary/aromatic N) is 1. The first-order valence-electron chi connectivity index (χ1n) is 9.30. The van der Waals surface area contributed by atoms with Crippen molar-refractivity contribution in [3.8, 4) is 11.1 Å². The van der Waals surface area contributed by atoms with Gasteiger partial charge in [-0.2, -0.15) is 0 Å². The van der Waals surface area contributed by atoms with Gasteiger partial charge in [0, 0.05) is 23.0 Å². The number of aromatic nitrogens is 1. The van der Waals surface area contributed by atoms with Gasteiger partial charge >= 0.3 is 12.0 Å². The summed E-state index contributed by atoms with van der Waals surface area (Å²) in [5, 5.41) is 25.5. The Balaban J connectivity index is 1.61. The fourth-order valence-electron chi connectivity index (χ4n) is 2.68. The number of hydrogen-bond donors (Lipinski definition) is 5. The number of carbonyl (C=O) groups excluding carboxylic acids is 2. The zero-order valence-corrected chi connectivity index (χ0v) is 16.3. The highest BCUT2D eigenvalue weighted by Gasteiger charge is 2.19. The number of aliphatic hydroxyl groups is 1. The maximum absolute atomic E-state index is 12.1. The number of carboxylic acid groups (broad SMARTS) is 1. The van der Waals surface area contributed by atoms with Crippen molar-refractivity contribution in [3.63, 3.8) is 0 Å². The molecule has 0 bridgehead atoms. The lowest BCUT2D eigenvalue weighted by atomic mass is 10.1. The second-order valence-electron chi connectivity index (χ2n) is 6.50. The van der Waals surface area contributed by atoms with E-state index in [2.05, 4.69) is 20.9 Å². The smallest absolute Gasteiger partial charge is 0.328 e. The summed E-state index contributed by atoms with van der Waals surface area (Å²) in [6.45, 7) is -0.700. The van der Waals surface area contributed by atoms with Crippen molar-refractivity contribution in [2.75, 3.05) is 17.2 Å². The van der Waals surface area contributed by atoms with Crippen LogP contribution in [0.15, 0.2) is 72.9 Å². The molecule has 0 unspecified atom stereocenters. The number of nitrogens with one attached hydrogen (secondary N) is 3. The molecule has 9 heteroatoms. The molecular formula is C22H20N4O5. The first-order chi connectivity index (χ1) is 15.0. The molecule has 0 fully saturated rings. The number of carbonyl (C=O) groups is 3. The molecule has 1 aromatic heterocycles. The third-order valence-electron chi connectivity index (χ3n) is 4.30. The number of urea groups is 1. The van der Waals surface area contributed by atoms with Crippen molar-refractivity contribution in [1.29, 1.82) is 0 Å². The third kappa shape index (κ3) is 5.87. The zero-order chi connectivity index (χ0) is 22.2. The Hall–Kier alpha value is -4.24. The number of carboxylic acids is 1. The van der Waals surface area contributed by atoms with E-state index < -0.39 is 30.6 Å². The van der Waals surface area contributed by atoms with E-state index in [-0.39, 0.29) is 5.56 Å². The van der Waals surface area contributed by atoms with Crippen molar-refractivity contribution in [2.24, 2.45) is 0 Å². The first-order valence-corrected chi connectivity index (χ1v) is 9.30. The fourth-order valence-corrected chi connectivity index (χ4v) is 2.68. The Morgan fingerprint density at radius 2 is 1.55 bits per heavy atom. The van der Waals surface area contributed by atoms with Crippen LogP contribution in [0.5, 0.6) is 0 Å². The highest BCUT2D eigenvalue weighted by atomic mass is 16.4. The molecule has 3 aromatic rings. The highest BCUT2D eigenvalue weighted by Crippen LogP contribution is 2.20. The summed E-state index contributed by atoms with van der Waals surface area (Å²) in [4.78, 5) is 39.3. The van der Waals surface area contributed by atoms with Crippen molar-refractivity contribution in [1.82, 2.24) is 10.3 Å². The molecule has 1 atom stereocenters. The van der Waals surface area contributed by atoms with Crippen LogP contribution < -0.4 is 16.0 Å². The summed E-state index contributed by atoms with van der Waals surface area (Å²) in [7, 11) is 0. The van der Waals surface area contributed by atoms with Gasteiger partial charge in [0.2, 0.25) is 0 Å². The Morgan fingerprint density at radius 1 is 0.871 bits per heavy atom. The van der Waals surface area contributed by atoms with E-state index in [1.807, 2.05) is 18.2 Å². The molecule has 31 heavy (non-hydrogen) atoms. The topological polar surface area (TPSA) is 141 Å². The highest BCUT2D eigenvalue weighted by molar-refractivity contribution is 5.99. The summed E-state index contributed by atoms with van der Waals surface area (Å²) >= 11 is 0. The van der Waals surface area contributed by atoms with Crippen LogP contribution in [0.25, 0.3) is 11.1 Å². The molecule has 3 rings (SSSR count). The number of hydrogen-bond acceptors (Lipinski definition) is 5. The third-order valence-corrected chi connectivity index (χ3v) is 4.30. The van der Waals surface area contributed by atoms with Gasteiger partial charge < -0.3 is 20.8 Å². The van der Waals surface area contributed by atoms with Gasteiger partial charge in [-0.25, -0.2) is 14.6 Å². The first kappa shape index (κ1) is 21.5. The standard InChI is InChI=1S/C22H20N4O5/c27-13-18(21(29)30)25-20(28)15-8-6-14(7-9-15)16-10-11-19(23-12-16)26-22(31)24-17-4-2-1-3-5-17/h1-12,18,27H,13H2,(H,25,28)(H,29,30)(H2,23,24,26,31)/t18-/m0/s1. The van der Waals surface area contributed by atoms with Gasteiger partial charge in [-0.3, -0.25) is 10.1 Å². The molecule has 9 nitrogen and oxygen atoms in total. The molecule has 0 saturated heterocycles. The average molecular weight is 420 g/mol. The van der Waals surface area contributed by atoms with E-state index in [1.54, 1.807) is 54.7 Å². The molecule has 0 aliphatic carbocycles. The van der Waals surface area contributed by atoms with Gasteiger partial charge in [-0.15, -0.1) is 0 Å². The molecule has 1 heterocycles. The SMILES string of the molecule is O=C(Nc1ccccc1)Nc1ccc(-c2ccc(C(=O)N[C@@H](CO)C(=O)O)cc2)cn1. The fraction of sp³-hybridized carbons (Fsp3) is 0.0909. The van der Waals surface area contributed by atoms with Gasteiger partial charge in [0.15, 0.2) is 6.04 Å². The molecule has 0 radical (unpaired) electrons. The quantitative estimate of drug-likeness (QED) is 0.398. The van der Waals surface area contributed by atoms with Gasteiger partial charge in [-0.05, 0) is 42.0 Å². The second-order valence-corrected chi connectivity index (χ2v) is 6.50. The van der Waals surface area contributed by atoms with Crippen LogP contribution in [-0.4, -0.2) is 45.8 Å². The molecule has 0 saturated carbocycles. The van der Waals surface area contributed by atoms with Crippen LogP contribution in [0, 0.1) is 0 Å². The van der Waals surface area contributed by atoms with Gasteiger partial charge in [-0.1, -0.05) is 30.3 Å². The van der Waals surface area contributed by atoms with E-state index in [9.17, 15) is 14.4 Å². The Kier molecular flexibility index (Phi) is 6.92. The summed E-state index contributed by atoms with van der Waals surface area (Å²) in [5.74, 6) is -1.54. The van der Waals surface area contributed by atoms with E-state index in [0.29, 0.717) is 11.5 Å². The lowest BCUT2D eigenvalue weighted by Crippen LogP contribution is -2.43. The van der Waals surface area contributed by atoms with Crippen LogP contribution in [0.2, 0.25) is 0 Å². The van der Waals surface area contributed by atoms with E-state index in [4.69, 9.17) is 10.2 Å². The maximum Gasteiger partial charge on any atom is 0.328 e. The molecule has 5 N–H and O–H groups in total. The van der Waals surface area contributed by atoms with Crippen molar-refractivity contribution >= 4 is 29.4 Å². The van der Waals surface area contributed by atoms with Crippen molar-refractivity contribution < 1.29 is 24.6 Å². The van der Waals surface area contributed by atoms with Crippen LogP contribution in [0.4, 0.5) is 16.3 Å². The molecule has 158 valence electrons. The van der Waals surface area contributed by atoms with Crippen LogP contribution in [0.3, 0.4) is 0 Å². The summed E-state index contributed by atoms with van der Waals surface area (Å²) < 4.78 is 0. The Labute approximate surface area is 177 Å². The minimum atomic E-state index is -1.37. The lowest BCUT2D eigenvalue weighted by Gasteiger charge is -2.12. The number of rotatable bonds is 7. The molecule has 0 aliphatic heterocycles. The predicted octanol–water partition coefficient (Wildman–Crippen LogP) is 2.57. The molecule has 0 spiro atoms. The summed E-state index contributed by atoms with van der Waals surface area (Å²) in [6.07, 6.45) is 1.58. The molecular weight excluding hydrogens is 400 g/mol. The second kappa shape index (κ2) is 9.99. The summed E-state index contributed by atoms with van der Waals surface area (Å²) in [5.41, 5.74) is 2.46. The molecule has 3 amide bonds. The number of anilines is 2. The normalized spacial score (nSPS) is 11.3. The number of amides is 3. The largest absolute Gasteiger partial charge is 0.480 e. The minimum absolute atomic E-state index is 0.257. The van der Waals surface area contributed by atoms with Gasteiger partial charge in [0.25, 0.3) is 5.91 Å². The van der Waals surface area contributed by atoms with Crippen LogP contribution in [-0.2, 0) is 4.79 Å². The van der Waals surface area contributed by atoms with E-state index in [0.717, 1.165) is 11.1 Å². The maximum atomic E-state index is 12.1. The van der Waals surface area contributed by atoms with Crippen LogP contribution in [0.1, 0.15) is 10.4 Å². The number of para-hydroxylation sites is 1. The Bertz CT molecular complexity index is 1050. The van der Waals surface area contributed by atoms with Crippen LogP contribution >= 0.6 is 0 Å². The summed E-state index contributed by atoms with van der Waals surface area (Å²) in [6, 6.07) is 17.1. The number of aliphatic hydroxyl groups excluding tert-OH is 1. The molecule has 2 aromatic carbocycles. The number of pyridine rings is 1. The minimum Gasteiger partial charge on any atom is -0.480 e. The monoisotopic (exact) mass is 420 g/mol. The zero-order valence-electron chi connectivity index (χ0n) is 16.3.